The predicted molar refractivity (Wildman–Crippen MR) is 110 cm³/mol. The van der Waals surface area contributed by atoms with E-state index in [2.05, 4.69) is 11.9 Å². The molecule has 3 saturated heterocycles. The minimum absolute atomic E-state index is 0.180. The van der Waals surface area contributed by atoms with Crippen molar-refractivity contribution in [3.05, 3.63) is 44.4 Å². The Morgan fingerprint density at radius 1 is 1.39 bits per heavy atom. The average Bonchev–Trinajstić information content (AvgIpc) is 3.21. The number of carbonyl (C=O) groups is 1. The molecule has 5 heterocycles. The molecule has 4 aliphatic rings. The van der Waals surface area contributed by atoms with Gasteiger partial charge in [-0.05, 0) is 43.7 Å². The molecule has 150 valence electrons. The van der Waals surface area contributed by atoms with Crippen LogP contribution < -0.4 is 0 Å². The fourth-order valence-corrected chi connectivity index (χ4v) is 6.76. The maximum atomic E-state index is 13.4. The molecule has 1 aromatic heterocycles. The predicted octanol–water partition coefficient (Wildman–Crippen LogP) is 3.41. The first-order valence-electron chi connectivity index (χ1n) is 9.85. The summed E-state index contributed by atoms with van der Waals surface area (Å²) in [5.74, 6) is -0.548. The number of piperidine rings is 2. The Bertz CT molecular complexity index is 835. The zero-order valence-electron chi connectivity index (χ0n) is 16.0. The van der Waals surface area contributed by atoms with Crippen molar-refractivity contribution < 1.29 is 19.4 Å². The third-order valence-electron chi connectivity index (χ3n) is 6.51. The molecular weight excluding hydrogens is 394 g/mol. The van der Waals surface area contributed by atoms with Crippen molar-refractivity contribution in [3.63, 3.8) is 0 Å². The van der Waals surface area contributed by atoms with Gasteiger partial charge in [0.2, 0.25) is 5.60 Å². The van der Waals surface area contributed by atoms with Gasteiger partial charge in [-0.15, -0.1) is 11.3 Å². The van der Waals surface area contributed by atoms with Gasteiger partial charge in [-0.25, -0.2) is 4.79 Å². The molecule has 1 N–H and O–H groups in total. The maximum Gasteiger partial charge on any atom is 0.349 e. The zero-order valence-corrected chi connectivity index (χ0v) is 17.7. The number of thioether (sulfide) groups is 1. The molecule has 4 aliphatic heterocycles. The number of hydrogen-bond acceptors (Lipinski definition) is 7. The number of hydrogen-bond donors (Lipinski definition) is 1. The minimum Gasteiger partial charge on any atom is -0.460 e. The molecule has 2 bridgehead atoms. The van der Waals surface area contributed by atoms with E-state index in [-0.39, 0.29) is 12.2 Å². The van der Waals surface area contributed by atoms with Crippen molar-refractivity contribution in [2.45, 2.75) is 68.6 Å². The molecule has 5 nitrogen and oxygen atoms in total. The second-order valence-electron chi connectivity index (χ2n) is 8.25. The lowest BCUT2D eigenvalue weighted by Crippen LogP contribution is -2.56. The third kappa shape index (κ3) is 2.99. The summed E-state index contributed by atoms with van der Waals surface area (Å²) in [6, 6.07) is 4.36. The number of likely N-dealkylation sites (N-methyl/N-ethyl adjacent to an activating group) is 1. The van der Waals surface area contributed by atoms with Gasteiger partial charge in [-0.1, -0.05) is 29.5 Å². The van der Waals surface area contributed by atoms with Crippen LogP contribution in [0.3, 0.4) is 0 Å². The number of nitrogens with zero attached hydrogens (tertiary/aromatic N) is 1. The molecule has 0 radical (unpaired) electrons. The molecule has 7 heteroatoms. The second-order valence-corrected chi connectivity index (χ2v) is 10.1. The van der Waals surface area contributed by atoms with Crippen molar-refractivity contribution in [2.24, 2.45) is 0 Å². The molecule has 6 unspecified atom stereocenters. The summed E-state index contributed by atoms with van der Waals surface area (Å²) in [5, 5.41) is 15.5. The lowest BCUT2D eigenvalue weighted by molar-refractivity contribution is -0.172. The highest BCUT2D eigenvalue weighted by molar-refractivity contribution is 8.06. The van der Waals surface area contributed by atoms with Crippen molar-refractivity contribution >= 4 is 29.1 Å². The van der Waals surface area contributed by atoms with Gasteiger partial charge in [0.1, 0.15) is 6.10 Å². The Morgan fingerprint density at radius 2 is 2.25 bits per heavy atom. The highest BCUT2D eigenvalue weighted by Crippen LogP contribution is 2.47. The van der Waals surface area contributed by atoms with Crippen LogP contribution in [-0.4, -0.2) is 53.4 Å². The van der Waals surface area contributed by atoms with Gasteiger partial charge in [-0.2, -0.15) is 0 Å². The number of aliphatic hydroxyl groups is 1. The average molecular weight is 420 g/mol. The van der Waals surface area contributed by atoms with Crippen LogP contribution >= 0.6 is 23.1 Å². The van der Waals surface area contributed by atoms with E-state index in [9.17, 15) is 9.90 Å². The molecule has 28 heavy (non-hydrogen) atoms. The van der Waals surface area contributed by atoms with E-state index in [1.807, 2.05) is 35.9 Å². The van der Waals surface area contributed by atoms with E-state index < -0.39 is 11.6 Å². The van der Waals surface area contributed by atoms with E-state index in [0.717, 1.165) is 31.3 Å². The smallest absolute Gasteiger partial charge is 0.349 e. The fraction of sp³-hybridized carbons (Fsp3) is 0.571. The summed E-state index contributed by atoms with van der Waals surface area (Å²) >= 11 is 2.81. The van der Waals surface area contributed by atoms with Crippen molar-refractivity contribution in [1.29, 1.82) is 0 Å². The molecule has 6 atom stereocenters. The van der Waals surface area contributed by atoms with Crippen LogP contribution in [0, 0.1) is 0 Å². The van der Waals surface area contributed by atoms with Crippen LogP contribution in [0.4, 0.5) is 0 Å². The van der Waals surface area contributed by atoms with Crippen molar-refractivity contribution in [1.82, 2.24) is 4.90 Å². The first-order chi connectivity index (χ1) is 13.5. The number of fused-ring (bicyclic) bond motifs is 4. The highest BCUT2D eigenvalue weighted by atomic mass is 32.2. The first-order valence-corrected chi connectivity index (χ1v) is 11.6. The Kier molecular flexibility index (Phi) is 4.71. The van der Waals surface area contributed by atoms with Gasteiger partial charge in [-0.3, -0.25) is 4.90 Å². The van der Waals surface area contributed by atoms with Crippen LogP contribution in [0.1, 0.15) is 37.5 Å². The quantitative estimate of drug-likeness (QED) is 0.596. The highest BCUT2D eigenvalue weighted by Gasteiger charge is 2.57. The largest absolute Gasteiger partial charge is 0.460 e. The van der Waals surface area contributed by atoms with Crippen LogP contribution in [0.25, 0.3) is 0 Å². The molecule has 3 fully saturated rings. The Balaban J connectivity index is 1.40. The van der Waals surface area contributed by atoms with E-state index in [1.165, 1.54) is 23.1 Å². The standard InChI is InChI=1S/C21H25NO4S2/c1-12-5-3-8-28-19(12)21(24,17-6-4-7-27-17)20(23)25-14-9-13-10-16-18(26-16)15(11-14)22(13)2/h3-4,6-8,13-16,18,24H,5,9-11H2,1-2H3. The molecule has 0 aromatic carbocycles. The Hall–Kier alpha value is -1.12. The van der Waals surface area contributed by atoms with Crippen molar-refractivity contribution in [3.8, 4) is 0 Å². The summed E-state index contributed by atoms with van der Waals surface area (Å²) in [6.07, 6.45) is 5.86. The number of allylic oxidation sites excluding steroid dienone is 2. The summed E-state index contributed by atoms with van der Waals surface area (Å²) in [5.41, 5.74) is -0.722. The van der Waals surface area contributed by atoms with E-state index in [4.69, 9.17) is 9.47 Å². The fourth-order valence-electron chi connectivity index (χ4n) is 4.90. The maximum absolute atomic E-state index is 13.4. The van der Waals surface area contributed by atoms with Gasteiger partial charge < -0.3 is 14.6 Å². The number of thiophene rings is 1. The summed E-state index contributed by atoms with van der Waals surface area (Å²) in [6.45, 7) is 1.97. The zero-order chi connectivity index (χ0) is 19.5. The van der Waals surface area contributed by atoms with Crippen molar-refractivity contribution in [2.75, 3.05) is 7.05 Å². The van der Waals surface area contributed by atoms with Crippen LogP contribution in [0.2, 0.25) is 0 Å². The number of carbonyl (C=O) groups excluding carboxylic acids is 1. The van der Waals surface area contributed by atoms with E-state index in [1.54, 1.807) is 0 Å². The molecule has 1 aromatic rings. The third-order valence-corrected chi connectivity index (χ3v) is 8.70. The molecule has 0 aliphatic carbocycles. The van der Waals surface area contributed by atoms with E-state index >= 15 is 0 Å². The molecule has 0 spiro atoms. The minimum atomic E-state index is -1.73. The van der Waals surface area contributed by atoms with Gasteiger partial charge in [0, 0.05) is 29.8 Å². The number of esters is 1. The lowest BCUT2D eigenvalue weighted by Gasteiger charge is -2.45. The molecule has 5 rings (SSSR count). The van der Waals surface area contributed by atoms with E-state index in [0.29, 0.717) is 28.0 Å². The Labute approximate surface area is 173 Å². The summed E-state index contributed by atoms with van der Waals surface area (Å²) in [4.78, 5) is 17.1. The number of rotatable bonds is 4. The number of epoxide rings is 1. The number of ether oxygens (including phenoxy) is 2. The lowest BCUT2D eigenvalue weighted by atomic mass is 9.83. The van der Waals surface area contributed by atoms with Gasteiger partial charge in [0.15, 0.2) is 0 Å². The van der Waals surface area contributed by atoms with Crippen LogP contribution in [0.15, 0.2) is 39.5 Å². The van der Waals surface area contributed by atoms with Crippen LogP contribution in [-0.2, 0) is 19.9 Å². The molecule has 0 amide bonds. The molecule has 0 saturated carbocycles. The monoisotopic (exact) mass is 419 g/mol. The summed E-state index contributed by atoms with van der Waals surface area (Å²) < 4.78 is 11.8. The first kappa shape index (κ1) is 18.9. The van der Waals surface area contributed by atoms with Gasteiger partial charge in [0.25, 0.3) is 0 Å². The van der Waals surface area contributed by atoms with Crippen LogP contribution in [0.5, 0.6) is 0 Å². The van der Waals surface area contributed by atoms with Gasteiger partial charge in [0.05, 0.1) is 17.1 Å². The second kappa shape index (κ2) is 6.99. The molecular formula is C21H25NO4S2. The topological polar surface area (TPSA) is 62.3 Å². The SMILES string of the molecule is CC1=C(C(O)(C(=O)OC2CC3CC4OC4C(C2)N3C)c2cccs2)SC=CC1. The normalized spacial score (nSPS) is 36.6. The Morgan fingerprint density at radius 3 is 3.00 bits per heavy atom. The van der Waals surface area contributed by atoms with Gasteiger partial charge >= 0.3 is 5.97 Å². The summed E-state index contributed by atoms with van der Waals surface area (Å²) in [7, 11) is 2.15.